The smallest absolute Gasteiger partial charge is 0.169 e. The lowest BCUT2D eigenvalue weighted by Gasteiger charge is -2.23. The Labute approximate surface area is 147 Å². The molecule has 132 valence electrons. The molecule has 2 aromatic carbocycles. The standard InChI is InChI=1S/C20H23NO4/c22-11-9-21(10-12-23)15-7-5-14(6-8-15)13-18-19(24)16-3-1-2-4-17(16)20(18)25/h1-8,18-19,22-24H,9-13H2. The van der Waals surface area contributed by atoms with E-state index in [0.29, 0.717) is 30.6 Å². The largest absolute Gasteiger partial charge is 0.395 e. The van der Waals surface area contributed by atoms with E-state index in [1.807, 2.05) is 47.4 Å². The first-order valence-corrected chi connectivity index (χ1v) is 8.52. The van der Waals surface area contributed by atoms with Gasteiger partial charge in [0.25, 0.3) is 0 Å². The first kappa shape index (κ1) is 17.6. The van der Waals surface area contributed by atoms with E-state index >= 15 is 0 Å². The van der Waals surface area contributed by atoms with Gasteiger partial charge in [-0.15, -0.1) is 0 Å². The van der Waals surface area contributed by atoms with Crippen molar-refractivity contribution in [1.82, 2.24) is 0 Å². The molecule has 2 atom stereocenters. The Bertz CT molecular complexity index is 723. The molecule has 2 aromatic rings. The number of rotatable bonds is 7. The molecule has 3 rings (SSSR count). The van der Waals surface area contributed by atoms with Crippen LogP contribution in [0.5, 0.6) is 0 Å². The van der Waals surface area contributed by atoms with Crippen LogP contribution in [0.3, 0.4) is 0 Å². The van der Waals surface area contributed by atoms with Gasteiger partial charge in [-0.05, 0) is 29.7 Å². The van der Waals surface area contributed by atoms with Crippen LogP contribution in [0, 0.1) is 5.92 Å². The van der Waals surface area contributed by atoms with E-state index in [1.54, 1.807) is 6.07 Å². The summed E-state index contributed by atoms with van der Waals surface area (Å²) in [7, 11) is 0. The maximum atomic E-state index is 12.5. The molecule has 0 amide bonds. The van der Waals surface area contributed by atoms with Crippen LogP contribution in [0.25, 0.3) is 0 Å². The number of ketones is 1. The van der Waals surface area contributed by atoms with Crippen molar-refractivity contribution in [1.29, 1.82) is 0 Å². The Kier molecular flexibility index (Phi) is 5.48. The molecular formula is C20H23NO4. The fourth-order valence-electron chi connectivity index (χ4n) is 3.45. The van der Waals surface area contributed by atoms with Crippen molar-refractivity contribution in [3.8, 4) is 0 Å². The summed E-state index contributed by atoms with van der Waals surface area (Å²) in [6.45, 7) is 0.940. The summed E-state index contributed by atoms with van der Waals surface area (Å²) in [4.78, 5) is 14.4. The van der Waals surface area contributed by atoms with Gasteiger partial charge in [-0.1, -0.05) is 36.4 Å². The molecule has 0 saturated heterocycles. The van der Waals surface area contributed by atoms with Crippen LogP contribution in [-0.4, -0.2) is 47.4 Å². The quantitative estimate of drug-likeness (QED) is 0.712. The second-order valence-corrected chi connectivity index (χ2v) is 6.31. The zero-order chi connectivity index (χ0) is 17.8. The Morgan fingerprint density at radius 1 is 0.920 bits per heavy atom. The zero-order valence-electron chi connectivity index (χ0n) is 14.0. The highest BCUT2D eigenvalue weighted by atomic mass is 16.3. The van der Waals surface area contributed by atoms with Crippen molar-refractivity contribution in [3.05, 3.63) is 65.2 Å². The average molecular weight is 341 g/mol. The van der Waals surface area contributed by atoms with E-state index in [-0.39, 0.29) is 19.0 Å². The second kappa shape index (κ2) is 7.78. The molecular weight excluding hydrogens is 318 g/mol. The van der Waals surface area contributed by atoms with Gasteiger partial charge in [0.05, 0.1) is 25.2 Å². The minimum absolute atomic E-state index is 0.00522. The topological polar surface area (TPSA) is 81.0 Å². The van der Waals surface area contributed by atoms with Crippen molar-refractivity contribution in [2.75, 3.05) is 31.2 Å². The molecule has 3 N–H and O–H groups in total. The normalized spacial score (nSPS) is 19.1. The lowest BCUT2D eigenvalue weighted by molar-refractivity contribution is 0.0757. The molecule has 5 nitrogen and oxygen atoms in total. The molecule has 0 saturated carbocycles. The summed E-state index contributed by atoms with van der Waals surface area (Å²) in [5.74, 6) is -0.455. The number of Topliss-reactive ketones (excluding diaryl/α,β-unsaturated/α-hetero) is 1. The third-order valence-corrected chi connectivity index (χ3v) is 4.76. The van der Waals surface area contributed by atoms with Gasteiger partial charge in [-0.3, -0.25) is 4.79 Å². The van der Waals surface area contributed by atoms with Crippen LogP contribution in [0.1, 0.15) is 27.6 Å². The summed E-state index contributed by atoms with van der Waals surface area (Å²) >= 11 is 0. The van der Waals surface area contributed by atoms with Crippen LogP contribution < -0.4 is 4.90 Å². The lowest BCUT2D eigenvalue weighted by atomic mass is 9.93. The van der Waals surface area contributed by atoms with E-state index in [9.17, 15) is 9.90 Å². The molecule has 1 aliphatic carbocycles. The predicted octanol–water partition coefficient (Wildman–Crippen LogP) is 1.57. The van der Waals surface area contributed by atoms with Crippen LogP contribution in [0.15, 0.2) is 48.5 Å². The molecule has 0 heterocycles. The summed E-state index contributed by atoms with van der Waals surface area (Å²) in [5.41, 5.74) is 3.22. The number of anilines is 1. The Hall–Kier alpha value is -2.21. The fraction of sp³-hybridized carbons (Fsp3) is 0.350. The molecule has 2 unspecified atom stereocenters. The lowest BCUT2D eigenvalue weighted by Crippen LogP contribution is -2.29. The molecule has 0 radical (unpaired) electrons. The summed E-state index contributed by atoms with van der Waals surface area (Å²) in [5, 5.41) is 28.7. The predicted molar refractivity (Wildman–Crippen MR) is 95.8 cm³/mol. The Morgan fingerprint density at radius 2 is 1.56 bits per heavy atom. The second-order valence-electron chi connectivity index (χ2n) is 6.31. The zero-order valence-corrected chi connectivity index (χ0v) is 14.0. The van der Waals surface area contributed by atoms with Crippen LogP contribution >= 0.6 is 0 Å². The van der Waals surface area contributed by atoms with Crippen molar-refractivity contribution >= 4 is 11.5 Å². The van der Waals surface area contributed by atoms with Crippen molar-refractivity contribution in [2.24, 2.45) is 5.92 Å². The number of hydrogen-bond acceptors (Lipinski definition) is 5. The van der Waals surface area contributed by atoms with Crippen molar-refractivity contribution < 1.29 is 20.1 Å². The first-order chi connectivity index (χ1) is 12.2. The van der Waals surface area contributed by atoms with Crippen LogP contribution in [-0.2, 0) is 6.42 Å². The highest BCUT2D eigenvalue weighted by Crippen LogP contribution is 2.37. The Balaban J connectivity index is 1.73. The SMILES string of the molecule is O=C1c2ccccc2C(O)C1Cc1ccc(N(CCO)CCO)cc1. The number of aliphatic hydroxyl groups excluding tert-OH is 3. The van der Waals surface area contributed by atoms with Gasteiger partial charge in [0.15, 0.2) is 5.78 Å². The van der Waals surface area contributed by atoms with Crippen LogP contribution in [0.2, 0.25) is 0 Å². The number of hydrogen-bond donors (Lipinski definition) is 3. The van der Waals surface area contributed by atoms with Gasteiger partial charge in [0, 0.05) is 24.3 Å². The average Bonchev–Trinajstić information content (AvgIpc) is 2.88. The number of benzene rings is 2. The maximum absolute atomic E-state index is 12.5. The summed E-state index contributed by atoms with van der Waals surface area (Å²) in [6.07, 6.45) is -0.279. The number of nitrogens with zero attached hydrogens (tertiary/aromatic N) is 1. The summed E-state index contributed by atoms with van der Waals surface area (Å²) < 4.78 is 0. The van der Waals surface area contributed by atoms with Gasteiger partial charge in [0.1, 0.15) is 0 Å². The molecule has 5 heteroatoms. The molecule has 25 heavy (non-hydrogen) atoms. The fourth-order valence-corrected chi connectivity index (χ4v) is 3.45. The van der Waals surface area contributed by atoms with Crippen molar-refractivity contribution in [2.45, 2.75) is 12.5 Å². The van der Waals surface area contributed by atoms with Gasteiger partial charge < -0.3 is 20.2 Å². The first-order valence-electron chi connectivity index (χ1n) is 8.52. The van der Waals surface area contributed by atoms with E-state index in [4.69, 9.17) is 10.2 Å². The minimum Gasteiger partial charge on any atom is -0.395 e. The highest BCUT2D eigenvalue weighted by Gasteiger charge is 2.38. The van der Waals surface area contributed by atoms with Gasteiger partial charge in [-0.25, -0.2) is 0 Å². The van der Waals surface area contributed by atoms with Gasteiger partial charge >= 0.3 is 0 Å². The molecule has 0 spiro atoms. The Morgan fingerprint density at radius 3 is 2.16 bits per heavy atom. The van der Waals surface area contributed by atoms with E-state index < -0.39 is 12.0 Å². The molecule has 1 aliphatic rings. The minimum atomic E-state index is -0.761. The van der Waals surface area contributed by atoms with E-state index in [1.165, 1.54) is 0 Å². The highest BCUT2D eigenvalue weighted by molar-refractivity contribution is 6.03. The third kappa shape index (κ3) is 3.58. The molecule has 0 fully saturated rings. The van der Waals surface area contributed by atoms with Crippen LogP contribution in [0.4, 0.5) is 5.69 Å². The van der Waals surface area contributed by atoms with E-state index in [0.717, 1.165) is 11.3 Å². The number of fused-ring (bicyclic) bond motifs is 1. The van der Waals surface area contributed by atoms with Gasteiger partial charge in [0.2, 0.25) is 0 Å². The number of carbonyl (C=O) groups is 1. The number of carbonyl (C=O) groups excluding carboxylic acids is 1. The molecule has 0 aromatic heterocycles. The number of aliphatic hydroxyl groups is 3. The van der Waals surface area contributed by atoms with Gasteiger partial charge in [-0.2, -0.15) is 0 Å². The van der Waals surface area contributed by atoms with E-state index in [2.05, 4.69) is 0 Å². The van der Waals surface area contributed by atoms with Crippen molar-refractivity contribution in [3.63, 3.8) is 0 Å². The third-order valence-electron chi connectivity index (χ3n) is 4.76. The molecule has 0 aliphatic heterocycles. The maximum Gasteiger partial charge on any atom is 0.169 e. The monoisotopic (exact) mass is 341 g/mol. The summed E-state index contributed by atoms with van der Waals surface area (Å²) in [6, 6.07) is 14.9. The molecule has 0 bridgehead atoms.